The van der Waals surface area contributed by atoms with Crippen molar-refractivity contribution in [2.75, 3.05) is 5.32 Å². The lowest BCUT2D eigenvalue weighted by Crippen LogP contribution is -2.41. The van der Waals surface area contributed by atoms with Gasteiger partial charge in [0.1, 0.15) is 0 Å². The number of para-hydroxylation sites is 1. The van der Waals surface area contributed by atoms with Crippen LogP contribution in [0.2, 0.25) is 0 Å². The van der Waals surface area contributed by atoms with Crippen LogP contribution in [0.15, 0.2) is 53.6 Å². The molecule has 2 N–H and O–H groups in total. The Kier molecular flexibility index (Phi) is 6.68. The van der Waals surface area contributed by atoms with Crippen LogP contribution in [0.3, 0.4) is 0 Å². The largest absolute Gasteiger partial charge is 0.382 e. The number of carbonyl (C=O) groups excluding carboxylic acids is 1. The van der Waals surface area contributed by atoms with E-state index in [1.54, 1.807) is 0 Å². The summed E-state index contributed by atoms with van der Waals surface area (Å²) in [5.41, 5.74) is 5.53. The zero-order chi connectivity index (χ0) is 22.7. The van der Waals surface area contributed by atoms with Crippen LogP contribution in [-0.2, 0) is 10.2 Å². The lowest BCUT2D eigenvalue weighted by Gasteiger charge is -2.31. The number of hydrogen-bond donors (Lipinski definition) is 2. The van der Waals surface area contributed by atoms with Gasteiger partial charge in [0.2, 0.25) is 0 Å². The molecule has 2 aliphatic rings. The van der Waals surface area contributed by atoms with Crippen molar-refractivity contribution >= 4 is 22.5 Å². The number of hydrogen-bond acceptors (Lipinski definition) is 3. The molecule has 32 heavy (non-hydrogen) atoms. The lowest BCUT2D eigenvalue weighted by molar-refractivity contribution is -0.118. The quantitative estimate of drug-likeness (QED) is 0.574. The number of nitrogens with zero attached hydrogens (tertiary/aromatic N) is 1. The Morgan fingerprint density at radius 1 is 1.09 bits per heavy atom. The van der Waals surface area contributed by atoms with E-state index in [9.17, 15) is 4.79 Å². The van der Waals surface area contributed by atoms with Gasteiger partial charge in [-0.3, -0.25) is 9.78 Å². The van der Waals surface area contributed by atoms with Crippen LogP contribution < -0.4 is 10.6 Å². The van der Waals surface area contributed by atoms with E-state index < -0.39 is 0 Å². The fraction of sp³-hybridized carbons (Fsp3) is 0.500. The minimum Gasteiger partial charge on any atom is -0.382 e. The summed E-state index contributed by atoms with van der Waals surface area (Å²) >= 11 is 0. The van der Waals surface area contributed by atoms with Crippen molar-refractivity contribution in [3.8, 4) is 0 Å². The van der Waals surface area contributed by atoms with E-state index in [2.05, 4.69) is 74.7 Å². The molecule has 4 heteroatoms. The van der Waals surface area contributed by atoms with Gasteiger partial charge in [0.15, 0.2) is 0 Å². The molecular weight excluding hydrogens is 394 g/mol. The SMILES string of the molecule is CCC1=C(C(=O)NC2CCC(Nc3cc(C(C)(C)C)nc4ccccc34)CC2)C=CCC1. The minimum atomic E-state index is 0.00198. The number of benzene rings is 1. The maximum absolute atomic E-state index is 12.8. The predicted octanol–water partition coefficient (Wildman–Crippen LogP) is 6.43. The number of aromatic nitrogens is 1. The maximum atomic E-state index is 12.8. The molecular formula is C28H37N3O. The summed E-state index contributed by atoms with van der Waals surface area (Å²) in [5, 5.41) is 8.31. The molecule has 1 aromatic heterocycles. The van der Waals surface area contributed by atoms with Crippen molar-refractivity contribution in [2.24, 2.45) is 0 Å². The van der Waals surface area contributed by atoms with Gasteiger partial charge < -0.3 is 10.6 Å². The number of allylic oxidation sites excluding steroid dienone is 2. The highest BCUT2D eigenvalue weighted by Crippen LogP contribution is 2.32. The second-order valence-electron chi connectivity index (χ2n) is 10.3. The molecule has 170 valence electrons. The third kappa shape index (κ3) is 5.06. The first-order valence-electron chi connectivity index (χ1n) is 12.2. The molecule has 1 amide bonds. The second kappa shape index (κ2) is 9.48. The van der Waals surface area contributed by atoms with E-state index in [0.29, 0.717) is 6.04 Å². The molecule has 1 saturated carbocycles. The average Bonchev–Trinajstić information content (AvgIpc) is 2.79. The highest BCUT2D eigenvalue weighted by Gasteiger charge is 2.25. The van der Waals surface area contributed by atoms with Gasteiger partial charge in [-0.1, -0.05) is 63.6 Å². The standard InChI is InChI=1S/C28H37N3O/c1-5-19-10-6-7-11-22(19)27(32)30-21-16-14-20(15-17-21)29-25-18-26(28(2,3)4)31-24-13-9-8-12-23(24)25/h7-9,11-13,18,20-21H,5-6,10,14-17H2,1-4H3,(H,29,31)(H,30,32). The van der Waals surface area contributed by atoms with Crippen molar-refractivity contribution in [1.29, 1.82) is 0 Å². The third-order valence-electron chi connectivity index (χ3n) is 6.86. The topological polar surface area (TPSA) is 54.0 Å². The van der Waals surface area contributed by atoms with Gasteiger partial charge in [0, 0.05) is 39.8 Å². The van der Waals surface area contributed by atoms with Gasteiger partial charge in [-0.2, -0.15) is 0 Å². The van der Waals surface area contributed by atoms with Crippen molar-refractivity contribution in [2.45, 2.75) is 90.1 Å². The smallest absolute Gasteiger partial charge is 0.251 e. The van der Waals surface area contributed by atoms with E-state index in [1.165, 1.54) is 16.6 Å². The number of pyridine rings is 1. The predicted molar refractivity (Wildman–Crippen MR) is 134 cm³/mol. The zero-order valence-corrected chi connectivity index (χ0v) is 20.0. The molecule has 4 rings (SSSR count). The summed E-state index contributed by atoms with van der Waals surface area (Å²) < 4.78 is 0. The highest BCUT2D eigenvalue weighted by atomic mass is 16.1. The van der Waals surface area contributed by atoms with Gasteiger partial charge in [-0.15, -0.1) is 0 Å². The summed E-state index contributed by atoms with van der Waals surface area (Å²) in [6.45, 7) is 8.78. The van der Waals surface area contributed by atoms with Crippen molar-refractivity contribution in [3.63, 3.8) is 0 Å². The van der Waals surface area contributed by atoms with Crippen molar-refractivity contribution < 1.29 is 4.79 Å². The van der Waals surface area contributed by atoms with E-state index in [4.69, 9.17) is 4.98 Å². The highest BCUT2D eigenvalue weighted by molar-refractivity contribution is 5.97. The Morgan fingerprint density at radius 2 is 1.81 bits per heavy atom. The van der Waals surface area contributed by atoms with Gasteiger partial charge >= 0.3 is 0 Å². The van der Waals surface area contributed by atoms with Gasteiger partial charge in [0.25, 0.3) is 5.91 Å². The first-order chi connectivity index (χ1) is 15.3. The third-order valence-corrected chi connectivity index (χ3v) is 6.86. The molecule has 0 spiro atoms. The van der Waals surface area contributed by atoms with E-state index in [1.807, 2.05) is 6.08 Å². The van der Waals surface area contributed by atoms with Crippen LogP contribution in [0.25, 0.3) is 10.9 Å². The van der Waals surface area contributed by atoms with Crippen LogP contribution in [0.5, 0.6) is 0 Å². The monoisotopic (exact) mass is 431 g/mol. The molecule has 4 nitrogen and oxygen atoms in total. The Labute approximate surface area is 192 Å². The van der Waals surface area contributed by atoms with E-state index in [-0.39, 0.29) is 17.4 Å². The zero-order valence-electron chi connectivity index (χ0n) is 20.0. The van der Waals surface area contributed by atoms with Crippen LogP contribution in [0, 0.1) is 0 Å². The van der Waals surface area contributed by atoms with E-state index >= 15 is 0 Å². The number of anilines is 1. The number of rotatable bonds is 5. The Hall–Kier alpha value is -2.62. The molecule has 2 aromatic rings. The summed E-state index contributed by atoms with van der Waals surface area (Å²) in [5.74, 6) is 0.115. The van der Waals surface area contributed by atoms with Crippen LogP contribution in [0.1, 0.15) is 78.3 Å². The van der Waals surface area contributed by atoms with Crippen LogP contribution in [0.4, 0.5) is 5.69 Å². The van der Waals surface area contributed by atoms with Gasteiger partial charge in [-0.05, 0) is 57.1 Å². The van der Waals surface area contributed by atoms with Crippen LogP contribution in [-0.4, -0.2) is 23.0 Å². The molecule has 2 aliphatic carbocycles. The molecule has 1 aromatic carbocycles. The normalized spacial score (nSPS) is 21.6. The maximum Gasteiger partial charge on any atom is 0.251 e. The fourth-order valence-corrected chi connectivity index (χ4v) is 4.86. The first kappa shape index (κ1) is 22.6. The Balaban J connectivity index is 1.41. The summed E-state index contributed by atoms with van der Waals surface area (Å²) in [6, 6.07) is 11.3. The Morgan fingerprint density at radius 3 is 2.53 bits per heavy atom. The first-order valence-corrected chi connectivity index (χ1v) is 12.2. The number of amides is 1. The summed E-state index contributed by atoms with van der Waals surface area (Å²) in [4.78, 5) is 17.7. The van der Waals surface area contributed by atoms with Crippen LogP contribution >= 0.6 is 0 Å². The van der Waals surface area contributed by atoms with Crippen molar-refractivity contribution in [3.05, 3.63) is 59.3 Å². The molecule has 0 saturated heterocycles. The lowest BCUT2D eigenvalue weighted by atomic mass is 9.89. The minimum absolute atomic E-state index is 0.00198. The molecule has 1 heterocycles. The molecule has 0 aliphatic heterocycles. The fourth-order valence-electron chi connectivity index (χ4n) is 4.86. The molecule has 1 fully saturated rings. The molecule has 0 radical (unpaired) electrons. The number of nitrogens with one attached hydrogen (secondary N) is 2. The van der Waals surface area contributed by atoms with Gasteiger partial charge in [0.05, 0.1) is 5.52 Å². The van der Waals surface area contributed by atoms with Gasteiger partial charge in [-0.25, -0.2) is 0 Å². The second-order valence-corrected chi connectivity index (χ2v) is 10.3. The number of fused-ring (bicyclic) bond motifs is 1. The number of carbonyl (C=O) groups is 1. The summed E-state index contributed by atoms with van der Waals surface area (Å²) in [6.07, 6.45) is 11.3. The van der Waals surface area contributed by atoms with Crippen molar-refractivity contribution in [1.82, 2.24) is 10.3 Å². The average molecular weight is 432 g/mol. The summed E-state index contributed by atoms with van der Waals surface area (Å²) in [7, 11) is 0. The molecule has 0 bridgehead atoms. The Bertz CT molecular complexity index is 1040. The molecule has 0 unspecified atom stereocenters. The van der Waals surface area contributed by atoms with E-state index in [0.717, 1.165) is 61.7 Å². The molecule has 0 atom stereocenters.